The molecular weight excluding hydrogens is 721 g/mol. The number of ether oxygens (including phenoxy) is 1. The fraction of sp³-hybridized carbons (Fsp3) is 0.528. The third kappa shape index (κ3) is 8.45. The maximum Gasteiger partial charge on any atom is 0.410 e. The number of nitrogens with zero attached hydrogens (tertiary/aromatic N) is 4. The van der Waals surface area contributed by atoms with Crippen LogP contribution in [0, 0.1) is 11.8 Å². The van der Waals surface area contributed by atoms with Crippen molar-refractivity contribution >= 4 is 64.8 Å². The molecule has 2 aromatic carbocycles. The van der Waals surface area contributed by atoms with Gasteiger partial charge in [0.2, 0.25) is 0 Å². The number of fused-ring (bicyclic) bond motifs is 1. The van der Waals surface area contributed by atoms with Gasteiger partial charge in [-0.2, -0.15) is 0 Å². The zero-order chi connectivity index (χ0) is 36.2. The van der Waals surface area contributed by atoms with Crippen molar-refractivity contribution in [3.05, 3.63) is 52.0 Å². The van der Waals surface area contributed by atoms with Crippen molar-refractivity contribution in [2.75, 3.05) is 51.1 Å². The lowest BCUT2D eigenvalue weighted by Crippen LogP contribution is -2.52. The van der Waals surface area contributed by atoms with Gasteiger partial charge in [0.05, 0.1) is 4.47 Å². The van der Waals surface area contributed by atoms with Crippen LogP contribution in [0.3, 0.4) is 0 Å². The van der Waals surface area contributed by atoms with E-state index in [1.807, 2.05) is 29.2 Å². The van der Waals surface area contributed by atoms with Crippen molar-refractivity contribution in [2.24, 2.45) is 11.8 Å². The number of carbonyl (C=O) groups is 5. The fourth-order valence-corrected chi connectivity index (χ4v) is 8.72. The van der Waals surface area contributed by atoms with Gasteiger partial charge in [-0.05, 0) is 101 Å². The van der Waals surface area contributed by atoms with Gasteiger partial charge in [-0.15, -0.1) is 0 Å². The summed E-state index contributed by atoms with van der Waals surface area (Å²) in [6.45, 7) is 3.25. The van der Waals surface area contributed by atoms with Gasteiger partial charge in [0.1, 0.15) is 13.6 Å². The number of urea groups is 1. The Hall–Kier alpha value is -4.27. The second-order valence-electron chi connectivity index (χ2n) is 14.2. The average Bonchev–Trinajstić information content (AvgIpc) is 3.31. The third-order valence-corrected chi connectivity index (χ3v) is 11.7. The Labute approximate surface area is 306 Å². The number of phenols is 1. The van der Waals surface area contributed by atoms with Crippen LogP contribution in [0.1, 0.15) is 49.7 Å². The molecule has 0 aliphatic carbocycles. The quantitative estimate of drug-likeness (QED) is 0.299. The largest absolute Gasteiger partial charge is 0.507 e. The summed E-state index contributed by atoms with van der Waals surface area (Å²) in [6.07, 6.45) is 3.47. The van der Waals surface area contributed by atoms with Gasteiger partial charge >= 0.3 is 24.0 Å². The summed E-state index contributed by atoms with van der Waals surface area (Å²) < 4.78 is 6.51. The Morgan fingerprint density at radius 3 is 2.12 bits per heavy atom. The number of amides is 5. The van der Waals surface area contributed by atoms with Gasteiger partial charge in [0.25, 0.3) is 5.91 Å². The van der Waals surface area contributed by atoms with Crippen molar-refractivity contribution in [1.29, 1.82) is 0 Å². The molecule has 4 heterocycles. The van der Waals surface area contributed by atoms with Crippen molar-refractivity contribution in [3.8, 4) is 5.75 Å². The summed E-state index contributed by atoms with van der Waals surface area (Å²) in [5, 5.41) is 22.4. The van der Waals surface area contributed by atoms with Crippen LogP contribution in [0.5, 0.6) is 5.75 Å². The maximum atomic E-state index is 14.1. The number of carboxylic acids is 1. The number of likely N-dealkylation sites (tertiary alicyclic amines) is 3. The van der Waals surface area contributed by atoms with E-state index < -0.39 is 24.1 Å². The van der Waals surface area contributed by atoms with Crippen molar-refractivity contribution in [3.63, 3.8) is 0 Å². The van der Waals surface area contributed by atoms with Crippen LogP contribution in [0.2, 0.25) is 0 Å². The summed E-state index contributed by atoms with van der Waals surface area (Å²) in [4.78, 5) is 70.4. The number of rotatable bonds is 6. The number of aliphatic carboxylic acids is 1. The number of piperidine rings is 3. The molecule has 4 aliphatic rings. The number of para-hydroxylation sites is 1. The van der Waals surface area contributed by atoms with Crippen LogP contribution in [-0.2, 0) is 32.0 Å². The normalized spacial score (nSPS) is 19.9. The second-order valence-corrected chi connectivity index (χ2v) is 15.0. The number of benzene rings is 2. The highest BCUT2D eigenvalue weighted by Gasteiger charge is 2.37. The van der Waals surface area contributed by atoms with E-state index in [1.54, 1.807) is 29.8 Å². The van der Waals surface area contributed by atoms with Crippen molar-refractivity contribution in [2.45, 2.75) is 63.5 Å². The number of nitrogens with one attached hydrogen (secondary N) is 1. The minimum absolute atomic E-state index is 0.0238. The zero-order valence-corrected chi connectivity index (χ0v) is 30.5. The Kier molecular flexibility index (Phi) is 11.4. The number of anilines is 1. The molecule has 272 valence electrons. The molecule has 0 radical (unpaired) electrons. The minimum Gasteiger partial charge on any atom is -0.507 e. The minimum atomic E-state index is -1.43. The summed E-state index contributed by atoms with van der Waals surface area (Å²) in [6, 6.07) is 11.2. The predicted molar refractivity (Wildman–Crippen MR) is 195 cm³/mol. The topological polar surface area (TPSA) is 160 Å². The fourth-order valence-electron chi connectivity index (χ4n) is 8.12. The lowest BCUT2D eigenvalue weighted by Gasteiger charge is -2.40. The Morgan fingerprint density at radius 2 is 1.49 bits per heavy atom. The summed E-state index contributed by atoms with van der Waals surface area (Å²) in [5.74, 6) is -1.72. The molecule has 13 nitrogen and oxygen atoms in total. The Bertz CT molecular complexity index is 1630. The number of halogens is 1. The highest BCUT2D eigenvalue weighted by atomic mass is 79.9. The van der Waals surface area contributed by atoms with E-state index in [2.05, 4.69) is 21.2 Å². The molecule has 6 rings (SSSR count). The molecule has 51 heavy (non-hydrogen) atoms. The van der Waals surface area contributed by atoms with Crippen LogP contribution in [-0.4, -0.2) is 126 Å². The molecule has 5 amide bonds. The van der Waals surface area contributed by atoms with Crippen molar-refractivity contribution < 1.29 is 38.9 Å². The first-order valence-electron chi connectivity index (χ1n) is 17.9. The molecule has 0 spiro atoms. The molecular formula is C36H45BBrN5O8. The second kappa shape index (κ2) is 16.0. The van der Waals surface area contributed by atoms with E-state index in [1.165, 1.54) is 4.90 Å². The molecule has 0 bridgehead atoms. The number of aromatic hydroxyl groups is 1. The SMILES string of the molecule is Bc1cc(C[C@@H](OC(=O)N2CCC(N3CCc4ccccc4NC3=O)CC2)C(=O)N2CCC(C3CCN(C(=O)C(=O)O)CC3)CC2)cc(Br)c1O. The first-order chi connectivity index (χ1) is 24.5. The Balaban J connectivity index is 1.06. The molecule has 4 aliphatic heterocycles. The Morgan fingerprint density at radius 1 is 0.882 bits per heavy atom. The average molecular weight is 766 g/mol. The van der Waals surface area contributed by atoms with E-state index in [9.17, 15) is 29.1 Å². The highest BCUT2D eigenvalue weighted by Crippen LogP contribution is 2.33. The van der Waals surface area contributed by atoms with E-state index in [4.69, 9.17) is 9.84 Å². The molecule has 2 aromatic rings. The first kappa shape index (κ1) is 36.5. The molecule has 3 saturated heterocycles. The van der Waals surface area contributed by atoms with Crippen LogP contribution < -0.4 is 10.8 Å². The lowest BCUT2D eigenvalue weighted by atomic mass is 9.78. The molecule has 1 atom stereocenters. The molecule has 0 aromatic heterocycles. The molecule has 3 fully saturated rings. The first-order valence-corrected chi connectivity index (χ1v) is 18.7. The van der Waals surface area contributed by atoms with Gasteiger partial charge in [0, 0.05) is 64.0 Å². The molecule has 0 unspecified atom stereocenters. The number of hydrogen-bond donors (Lipinski definition) is 3. The van der Waals surface area contributed by atoms with Gasteiger partial charge in [-0.3, -0.25) is 9.59 Å². The molecule has 3 N–H and O–H groups in total. The summed E-state index contributed by atoms with van der Waals surface area (Å²) in [7, 11) is 1.77. The smallest absolute Gasteiger partial charge is 0.410 e. The van der Waals surface area contributed by atoms with Crippen LogP contribution in [0.4, 0.5) is 15.3 Å². The summed E-state index contributed by atoms with van der Waals surface area (Å²) >= 11 is 3.39. The number of phenolic OH excluding ortho intramolecular Hbond substituents is 1. The predicted octanol–water partition coefficient (Wildman–Crippen LogP) is 2.58. The monoisotopic (exact) mass is 765 g/mol. The summed E-state index contributed by atoms with van der Waals surface area (Å²) in [5.41, 5.74) is 3.31. The third-order valence-electron chi connectivity index (χ3n) is 11.1. The number of hydrogen-bond acceptors (Lipinski definition) is 7. The van der Waals surface area contributed by atoms with E-state index in [0.29, 0.717) is 80.4 Å². The number of carbonyl (C=O) groups excluding carboxylic acids is 4. The lowest BCUT2D eigenvalue weighted by molar-refractivity contribution is -0.156. The molecule has 0 saturated carbocycles. The van der Waals surface area contributed by atoms with Crippen LogP contribution >= 0.6 is 15.9 Å². The van der Waals surface area contributed by atoms with E-state index in [-0.39, 0.29) is 30.2 Å². The maximum absolute atomic E-state index is 14.1. The zero-order valence-electron chi connectivity index (χ0n) is 28.9. The highest BCUT2D eigenvalue weighted by molar-refractivity contribution is 9.10. The van der Waals surface area contributed by atoms with Gasteiger partial charge in [0.15, 0.2) is 6.10 Å². The van der Waals surface area contributed by atoms with Gasteiger partial charge in [-0.25, -0.2) is 14.4 Å². The van der Waals surface area contributed by atoms with Gasteiger partial charge < -0.3 is 39.9 Å². The van der Waals surface area contributed by atoms with Crippen LogP contribution in [0.25, 0.3) is 0 Å². The molecule has 15 heteroatoms. The van der Waals surface area contributed by atoms with E-state index >= 15 is 0 Å². The van der Waals surface area contributed by atoms with Crippen molar-refractivity contribution in [1.82, 2.24) is 19.6 Å². The standard InChI is InChI=1S/C36H45BBrN5O8/c37-27-19-22(20-28(38)31(27)44)21-30(32(45)40-12-5-23(6-13-40)24-7-14-41(15-8-24)33(46)34(47)48)51-36(50)42-16-10-26(11-17-42)43-18-9-25-3-1-2-4-29(25)39-35(43)49/h1-4,19-20,23-24,26,30,44H,5-18,21,37H2,(H,39,49)(H,47,48)/t30-/m1/s1. The number of carboxylic acid groups (broad SMARTS) is 1. The van der Waals surface area contributed by atoms with Gasteiger partial charge in [-0.1, -0.05) is 24.3 Å². The van der Waals surface area contributed by atoms with Crippen LogP contribution in [0.15, 0.2) is 40.9 Å². The van der Waals surface area contributed by atoms with E-state index in [0.717, 1.165) is 48.9 Å².